The number of rotatable bonds is 9. The number of ether oxygens (including phenoxy) is 1. The Kier molecular flexibility index (Phi) is 8.28. The van der Waals surface area contributed by atoms with Gasteiger partial charge >= 0.3 is 6.03 Å². The summed E-state index contributed by atoms with van der Waals surface area (Å²) in [5.41, 5.74) is 0.426. The lowest BCUT2D eigenvalue weighted by Crippen LogP contribution is -2.33. The van der Waals surface area contributed by atoms with Crippen molar-refractivity contribution < 1.29 is 19.0 Å². The van der Waals surface area contributed by atoms with Gasteiger partial charge in [-0.3, -0.25) is 0 Å². The number of nitrogens with one attached hydrogen (secondary N) is 2. The fourth-order valence-corrected chi connectivity index (χ4v) is 2.22. The summed E-state index contributed by atoms with van der Waals surface area (Å²) in [6, 6.07) is 3.61. The molecule has 1 aromatic carbocycles. The van der Waals surface area contributed by atoms with Crippen LogP contribution in [0.5, 0.6) is 5.75 Å². The number of urea groups is 1. The first kappa shape index (κ1) is 18.2. The van der Waals surface area contributed by atoms with E-state index in [1.807, 2.05) is 0 Å². The number of aliphatic hydroxyl groups excluding tert-OH is 1. The Labute approximate surface area is 130 Å². The highest BCUT2D eigenvalue weighted by Crippen LogP contribution is 2.25. The van der Waals surface area contributed by atoms with Gasteiger partial charge in [-0.2, -0.15) is 0 Å². The minimum Gasteiger partial charge on any atom is -0.492 e. The molecular formula is C16H25FN2O3. The molecule has 1 unspecified atom stereocenters. The summed E-state index contributed by atoms with van der Waals surface area (Å²) < 4.78 is 18.5. The lowest BCUT2D eigenvalue weighted by atomic mass is 10.0. The van der Waals surface area contributed by atoms with Crippen molar-refractivity contribution in [2.45, 2.75) is 33.1 Å². The smallest absolute Gasteiger partial charge is 0.319 e. The average Bonchev–Trinajstić information content (AvgIpc) is 2.48. The lowest BCUT2D eigenvalue weighted by molar-refractivity contribution is 0.236. The standard InChI is InChI=1S/C16H25FN2O3/c1-3-5-12(8-9-20)11-18-16(21)19-14-7-6-13(17)10-15(14)22-4-2/h6-7,10,12,20H,3-5,8-9,11H2,1-2H3,(H2,18,19,21). The molecule has 1 atom stereocenters. The van der Waals surface area contributed by atoms with Crippen molar-refractivity contribution in [2.24, 2.45) is 5.92 Å². The van der Waals surface area contributed by atoms with Gasteiger partial charge in [0.15, 0.2) is 0 Å². The van der Waals surface area contributed by atoms with Crippen LogP contribution in [0.1, 0.15) is 33.1 Å². The van der Waals surface area contributed by atoms with Crippen LogP contribution >= 0.6 is 0 Å². The Hall–Kier alpha value is -1.82. The third kappa shape index (κ3) is 6.30. The summed E-state index contributed by atoms with van der Waals surface area (Å²) in [5.74, 6) is 0.138. The molecule has 0 aliphatic heterocycles. The van der Waals surface area contributed by atoms with Crippen molar-refractivity contribution in [3.05, 3.63) is 24.0 Å². The van der Waals surface area contributed by atoms with Gasteiger partial charge in [0.05, 0.1) is 12.3 Å². The second-order valence-corrected chi connectivity index (χ2v) is 5.08. The van der Waals surface area contributed by atoms with Gasteiger partial charge in [0.2, 0.25) is 0 Å². The fraction of sp³-hybridized carbons (Fsp3) is 0.562. The van der Waals surface area contributed by atoms with Crippen LogP contribution in [0.25, 0.3) is 0 Å². The number of benzene rings is 1. The quantitative estimate of drug-likeness (QED) is 0.656. The van der Waals surface area contributed by atoms with Gasteiger partial charge in [-0.1, -0.05) is 13.3 Å². The Morgan fingerprint density at radius 3 is 2.77 bits per heavy atom. The number of hydrogen-bond donors (Lipinski definition) is 3. The van der Waals surface area contributed by atoms with Gasteiger partial charge in [-0.25, -0.2) is 9.18 Å². The van der Waals surface area contributed by atoms with Crippen LogP contribution in [-0.2, 0) is 0 Å². The number of halogens is 1. The molecule has 0 bridgehead atoms. The first-order valence-corrected chi connectivity index (χ1v) is 7.68. The highest BCUT2D eigenvalue weighted by Gasteiger charge is 2.12. The normalized spacial score (nSPS) is 11.8. The molecular weight excluding hydrogens is 287 g/mol. The summed E-state index contributed by atoms with van der Waals surface area (Å²) in [5, 5.41) is 14.4. The molecule has 1 rings (SSSR count). The van der Waals surface area contributed by atoms with E-state index in [9.17, 15) is 9.18 Å². The van der Waals surface area contributed by atoms with E-state index in [1.165, 1.54) is 18.2 Å². The molecule has 2 amide bonds. The van der Waals surface area contributed by atoms with E-state index in [0.29, 0.717) is 31.0 Å². The highest BCUT2D eigenvalue weighted by atomic mass is 19.1. The average molecular weight is 312 g/mol. The maximum Gasteiger partial charge on any atom is 0.319 e. The minimum absolute atomic E-state index is 0.112. The summed E-state index contributed by atoms with van der Waals surface area (Å²) in [6.45, 7) is 4.84. The number of anilines is 1. The van der Waals surface area contributed by atoms with Crippen LogP contribution in [0.4, 0.5) is 14.9 Å². The summed E-state index contributed by atoms with van der Waals surface area (Å²) in [7, 11) is 0. The van der Waals surface area contributed by atoms with Crippen LogP contribution in [0, 0.1) is 11.7 Å². The van der Waals surface area contributed by atoms with E-state index in [-0.39, 0.29) is 18.6 Å². The summed E-state index contributed by atoms with van der Waals surface area (Å²) >= 11 is 0. The van der Waals surface area contributed by atoms with Gasteiger partial charge in [0.25, 0.3) is 0 Å². The molecule has 3 N–H and O–H groups in total. The SMILES string of the molecule is CCCC(CCO)CNC(=O)Nc1ccc(F)cc1OCC. The Bertz CT molecular complexity index is 463. The molecule has 0 aliphatic carbocycles. The molecule has 0 saturated carbocycles. The van der Waals surface area contributed by atoms with Crippen LogP contribution in [0.3, 0.4) is 0 Å². The van der Waals surface area contributed by atoms with Crippen molar-refractivity contribution in [3.63, 3.8) is 0 Å². The van der Waals surface area contributed by atoms with Gasteiger partial charge in [-0.15, -0.1) is 0 Å². The third-order valence-corrected chi connectivity index (χ3v) is 3.28. The molecule has 0 heterocycles. The largest absolute Gasteiger partial charge is 0.492 e. The Morgan fingerprint density at radius 1 is 1.36 bits per heavy atom. The molecule has 1 aromatic rings. The second kappa shape index (κ2) is 10.00. The molecule has 6 heteroatoms. The predicted octanol–water partition coefficient (Wildman–Crippen LogP) is 3.14. The molecule has 0 spiro atoms. The number of amides is 2. The van der Waals surface area contributed by atoms with Gasteiger partial charge in [0.1, 0.15) is 11.6 Å². The van der Waals surface area contributed by atoms with Crippen molar-refractivity contribution >= 4 is 11.7 Å². The molecule has 0 aromatic heterocycles. The van der Waals surface area contributed by atoms with Crippen molar-refractivity contribution in [1.29, 1.82) is 0 Å². The van der Waals surface area contributed by atoms with Crippen molar-refractivity contribution in [1.82, 2.24) is 5.32 Å². The first-order valence-electron chi connectivity index (χ1n) is 7.68. The monoisotopic (exact) mass is 312 g/mol. The van der Waals surface area contributed by atoms with Crippen molar-refractivity contribution in [2.75, 3.05) is 25.1 Å². The van der Waals surface area contributed by atoms with Crippen LogP contribution < -0.4 is 15.4 Å². The summed E-state index contributed by atoms with van der Waals surface area (Å²) in [6.07, 6.45) is 2.61. The maximum absolute atomic E-state index is 13.2. The zero-order valence-corrected chi connectivity index (χ0v) is 13.2. The molecule has 0 fully saturated rings. The number of carbonyl (C=O) groups excluding carboxylic acids is 1. The van der Waals surface area contributed by atoms with E-state index < -0.39 is 5.82 Å². The maximum atomic E-state index is 13.2. The minimum atomic E-state index is -0.416. The highest BCUT2D eigenvalue weighted by molar-refractivity contribution is 5.90. The van der Waals surface area contributed by atoms with Crippen LogP contribution in [-0.4, -0.2) is 30.9 Å². The summed E-state index contributed by atoms with van der Waals surface area (Å²) in [4.78, 5) is 11.9. The van der Waals surface area contributed by atoms with E-state index in [1.54, 1.807) is 6.92 Å². The Morgan fingerprint density at radius 2 is 2.14 bits per heavy atom. The molecule has 22 heavy (non-hydrogen) atoms. The van der Waals surface area contributed by atoms with Crippen molar-refractivity contribution in [3.8, 4) is 5.75 Å². The van der Waals surface area contributed by atoms with E-state index in [0.717, 1.165) is 12.8 Å². The fourth-order valence-electron chi connectivity index (χ4n) is 2.22. The van der Waals surface area contributed by atoms with Crippen LogP contribution in [0.2, 0.25) is 0 Å². The molecule has 0 aliphatic rings. The molecule has 5 nitrogen and oxygen atoms in total. The lowest BCUT2D eigenvalue weighted by Gasteiger charge is -2.17. The molecule has 0 radical (unpaired) electrons. The predicted molar refractivity (Wildman–Crippen MR) is 84.7 cm³/mol. The Balaban J connectivity index is 2.57. The van der Waals surface area contributed by atoms with E-state index >= 15 is 0 Å². The van der Waals surface area contributed by atoms with Gasteiger partial charge in [-0.05, 0) is 37.8 Å². The van der Waals surface area contributed by atoms with E-state index in [2.05, 4.69) is 17.6 Å². The number of hydrogen-bond acceptors (Lipinski definition) is 3. The molecule has 0 saturated heterocycles. The van der Waals surface area contributed by atoms with E-state index in [4.69, 9.17) is 9.84 Å². The zero-order chi connectivity index (χ0) is 16.4. The number of aliphatic hydroxyl groups is 1. The third-order valence-electron chi connectivity index (χ3n) is 3.28. The zero-order valence-electron chi connectivity index (χ0n) is 13.2. The second-order valence-electron chi connectivity index (χ2n) is 5.08. The van der Waals surface area contributed by atoms with Crippen LogP contribution in [0.15, 0.2) is 18.2 Å². The van der Waals surface area contributed by atoms with Gasteiger partial charge in [0, 0.05) is 19.2 Å². The number of carbonyl (C=O) groups is 1. The molecule has 124 valence electrons. The topological polar surface area (TPSA) is 70.6 Å². The first-order chi connectivity index (χ1) is 10.6. The van der Waals surface area contributed by atoms with Gasteiger partial charge < -0.3 is 20.5 Å².